The van der Waals surface area contributed by atoms with Crippen molar-refractivity contribution in [2.24, 2.45) is 5.92 Å². The molecule has 6 heteroatoms. The molecule has 2 saturated heterocycles. The number of aliphatic hydroxyl groups is 2. The predicted octanol–water partition coefficient (Wildman–Crippen LogP) is 2.45. The molecule has 6 nitrogen and oxygen atoms in total. The molecular formula is C19H32O6. The minimum Gasteiger partial charge on any atom is -0.390 e. The first-order chi connectivity index (χ1) is 12.0. The Hall–Kier alpha value is -0.240. The minimum absolute atomic E-state index is 0.206. The fourth-order valence-corrected chi connectivity index (χ4v) is 4.79. The Morgan fingerprint density at radius 1 is 0.960 bits per heavy atom. The van der Waals surface area contributed by atoms with Gasteiger partial charge in [-0.2, -0.15) is 0 Å². The Morgan fingerprint density at radius 2 is 1.60 bits per heavy atom. The molecule has 1 spiro atoms. The minimum atomic E-state index is -1.12. The Labute approximate surface area is 149 Å². The molecule has 2 aliphatic heterocycles. The second-order valence-electron chi connectivity index (χ2n) is 8.38. The third-order valence-electron chi connectivity index (χ3n) is 6.42. The summed E-state index contributed by atoms with van der Waals surface area (Å²) in [6.45, 7) is 2.36. The summed E-state index contributed by atoms with van der Waals surface area (Å²) in [5.41, 5.74) is 0. The maximum Gasteiger partial charge on any atom is 0.169 e. The van der Waals surface area contributed by atoms with Gasteiger partial charge in [-0.3, -0.25) is 0 Å². The quantitative estimate of drug-likeness (QED) is 0.757. The SMILES string of the molecule is C[C@H]1[C@@H](OC2(O)CCCCC2)O[C@H](C2COC3(CCCCC3)O2)[C@@H]1O. The van der Waals surface area contributed by atoms with E-state index < -0.39 is 30.1 Å². The van der Waals surface area contributed by atoms with Crippen molar-refractivity contribution in [3.63, 3.8) is 0 Å². The summed E-state index contributed by atoms with van der Waals surface area (Å²) in [4.78, 5) is 0. The van der Waals surface area contributed by atoms with E-state index >= 15 is 0 Å². The standard InChI is InChI=1S/C19H32O6/c1-13-15(20)16(14-12-22-19(24-14)10-6-3-7-11-19)23-17(13)25-18(21)8-4-2-5-9-18/h13-17,20-21H,2-12H2,1H3/t13-,14?,15-,16-,17-/m1/s1. The number of aliphatic hydroxyl groups excluding tert-OH is 1. The molecule has 0 aromatic heterocycles. The zero-order valence-corrected chi connectivity index (χ0v) is 15.2. The van der Waals surface area contributed by atoms with Gasteiger partial charge in [0.15, 0.2) is 17.9 Å². The molecule has 2 saturated carbocycles. The molecule has 4 fully saturated rings. The van der Waals surface area contributed by atoms with Crippen molar-refractivity contribution in [3.05, 3.63) is 0 Å². The van der Waals surface area contributed by atoms with Crippen LogP contribution in [0.3, 0.4) is 0 Å². The first-order valence-electron chi connectivity index (χ1n) is 10.1. The van der Waals surface area contributed by atoms with Crippen molar-refractivity contribution >= 4 is 0 Å². The summed E-state index contributed by atoms with van der Waals surface area (Å²) in [6.07, 6.45) is 7.61. The van der Waals surface area contributed by atoms with Gasteiger partial charge in [0.2, 0.25) is 0 Å². The molecule has 2 aliphatic carbocycles. The molecule has 144 valence electrons. The van der Waals surface area contributed by atoms with Crippen molar-refractivity contribution in [3.8, 4) is 0 Å². The first-order valence-corrected chi connectivity index (χ1v) is 10.1. The van der Waals surface area contributed by atoms with Gasteiger partial charge in [0.25, 0.3) is 0 Å². The Kier molecular flexibility index (Phi) is 5.12. The number of hydrogen-bond acceptors (Lipinski definition) is 6. The van der Waals surface area contributed by atoms with Crippen molar-refractivity contribution in [2.45, 2.75) is 107 Å². The molecule has 25 heavy (non-hydrogen) atoms. The summed E-state index contributed by atoms with van der Waals surface area (Å²) >= 11 is 0. The van der Waals surface area contributed by atoms with E-state index in [1.54, 1.807) is 0 Å². The van der Waals surface area contributed by atoms with E-state index in [1.165, 1.54) is 6.42 Å². The van der Waals surface area contributed by atoms with E-state index in [0.717, 1.165) is 44.9 Å². The zero-order chi connectivity index (χ0) is 17.5. The van der Waals surface area contributed by atoms with Gasteiger partial charge in [-0.05, 0) is 25.7 Å². The molecule has 0 amide bonds. The van der Waals surface area contributed by atoms with Crippen LogP contribution in [0.4, 0.5) is 0 Å². The molecule has 0 aromatic carbocycles. The van der Waals surface area contributed by atoms with Crippen LogP contribution in [0.1, 0.15) is 71.1 Å². The summed E-state index contributed by atoms with van der Waals surface area (Å²) in [6, 6.07) is 0. The lowest BCUT2D eigenvalue weighted by Gasteiger charge is -2.35. The van der Waals surface area contributed by atoms with Gasteiger partial charge in [0.05, 0.1) is 12.7 Å². The third-order valence-corrected chi connectivity index (χ3v) is 6.42. The molecular weight excluding hydrogens is 324 g/mol. The second kappa shape index (κ2) is 7.06. The normalized spacial score (nSPS) is 43.6. The zero-order valence-electron chi connectivity index (χ0n) is 15.2. The average Bonchev–Trinajstić information content (AvgIpc) is 3.12. The van der Waals surface area contributed by atoms with Crippen LogP contribution in [0.15, 0.2) is 0 Å². The van der Waals surface area contributed by atoms with Crippen LogP contribution in [0, 0.1) is 5.92 Å². The van der Waals surface area contributed by atoms with Crippen molar-refractivity contribution in [1.29, 1.82) is 0 Å². The van der Waals surface area contributed by atoms with Gasteiger partial charge in [0.1, 0.15) is 12.2 Å². The summed E-state index contributed by atoms with van der Waals surface area (Å²) in [5.74, 6) is -1.80. The topological polar surface area (TPSA) is 77.4 Å². The molecule has 5 atom stereocenters. The molecule has 1 unspecified atom stereocenters. The summed E-state index contributed by atoms with van der Waals surface area (Å²) in [5, 5.41) is 21.3. The summed E-state index contributed by atoms with van der Waals surface area (Å²) < 4.78 is 24.2. The van der Waals surface area contributed by atoms with E-state index in [0.29, 0.717) is 19.4 Å². The Bertz CT molecular complexity index is 457. The van der Waals surface area contributed by atoms with Crippen LogP contribution in [0.2, 0.25) is 0 Å². The Balaban J connectivity index is 1.38. The van der Waals surface area contributed by atoms with Gasteiger partial charge in [0, 0.05) is 31.6 Å². The first kappa shape index (κ1) is 18.1. The largest absolute Gasteiger partial charge is 0.390 e. The smallest absolute Gasteiger partial charge is 0.169 e. The van der Waals surface area contributed by atoms with E-state index in [-0.39, 0.29) is 12.0 Å². The average molecular weight is 356 g/mol. The van der Waals surface area contributed by atoms with Gasteiger partial charge in [-0.15, -0.1) is 0 Å². The van der Waals surface area contributed by atoms with Crippen molar-refractivity contribution in [1.82, 2.24) is 0 Å². The van der Waals surface area contributed by atoms with E-state index in [2.05, 4.69) is 0 Å². The van der Waals surface area contributed by atoms with Crippen LogP contribution in [-0.4, -0.2) is 53.0 Å². The molecule has 2 heterocycles. The maximum atomic E-state index is 10.7. The summed E-state index contributed by atoms with van der Waals surface area (Å²) in [7, 11) is 0. The van der Waals surface area contributed by atoms with E-state index in [1.807, 2.05) is 6.92 Å². The fraction of sp³-hybridized carbons (Fsp3) is 1.00. The van der Waals surface area contributed by atoms with Gasteiger partial charge in [-0.1, -0.05) is 19.8 Å². The lowest BCUT2D eigenvalue weighted by atomic mass is 9.93. The number of ether oxygens (including phenoxy) is 4. The highest BCUT2D eigenvalue weighted by atomic mass is 16.8. The molecule has 0 bridgehead atoms. The Morgan fingerprint density at radius 3 is 2.28 bits per heavy atom. The third kappa shape index (κ3) is 3.62. The highest BCUT2D eigenvalue weighted by molar-refractivity contribution is 4.94. The van der Waals surface area contributed by atoms with Crippen LogP contribution >= 0.6 is 0 Å². The van der Waals surface area contributed by atoms with Crippen LogP contribution in [0.5, 0.6) is 0 Å². The van der Waals surface area contributed by atoms with Crippen molar-refractivity contribution in [2.75, 3.05) is 6.61 Å². The lowest BCUT2D eigenvalue weighted by molar-refractivity contribution is -0.308. The monoisotopic (exact) mass is 356 g/mol. The highest BCUT2D eigenvalue weighted by Gasteiger charge is 2.53. The number of rotatable bonds is 3. The maximum absolute atomic E-state index is 10.7. The van der Waals surface area contributed by atoms with Crippen molar-refractivity contribution < 1.29 is 29.2 Å². The van der Waals surface area contributed by atoms with E-state index in [4.69, 9.17) is 18.9 Å². The molecule has 0 radical (unpaired) electrons. The van der Waals surface area contributed by atoms with Gasteiger partial charge in [-0.25, -0.2) is 0 Å². The fourth-order valence-electron chi connectivity index (χ4n) is 4.79. The lowest BCUT2D eigenvalue weighted by Crippen LogP contribution is -2.41. The van der Waals surface area contributed by atoms with Crippen LogP contribution in [-0.2, 0) is 18.9 Å². The number of hydrogen-bond donors (Lipinski definition) is 2. The molecule has 4 aliphatic rings. The van der Waals surface area contributed by atoms with E-state index in [9.17, 15) is 10.2 Å². The van der Waals surface area contributed by atoms with Crippen LogP contribution < -0.4 is 0 Å². The highest BCUT2D eigenvalue weighted by Crippen LogP contribution is 2.42. The van der Waals surface area contributed by atoms with Gasteiger partial charge < -0.3 is 29.2 Å². The van der Waals surface area contributed by atoms with Gasteiger partial charge >= 0.3 is 0 Å². The molecule has 2 N–H and O–H groups in total. The molecule has 4 rings (SSSR count). The second-order valence-corrected chi connectivity index (χ2v) is 8.38. The molecule has 0 aromatic rings. The van der Waals surface area contributed by atoms with Crippen LogP contribution in [0.25, 0.3) is 0 Å². The predicted molar refractivity (Wildman–Crippen MR) is 89.6 cm³/mol.